The molecule has 0 bridgehead atoms. The van der Waals surface area contributed by atoms with E-state index >= 15 is 0 Å². The maximum absolute atomic E-state index is 12.4. The Labute approximate surface area is 128 Å². The van der Waals surface area contributed by atoms with Crippen LogP contribution in [0.1, 0.15) is 46.5 Å². The van der Waals surface area contributed by atoms with Crippen LogP contribution in [0.3, 0.4) is 0 Å². The molecule has 0 heterocycles. The first-order valence-corrected chi connectivity index (χ1v) is 8.29. The SMILES string of the molecule is CCOC(=O)CCN(CCN(CC)CC)C(=O)C1CCC1. The number of amides is 1. The van der Waals surface area contributed by atoms with Gasteiger partial charge in [0.05, 0.1) is 13.0 Å². The minimum atomic E-state index is -0.216. The maximum atomic E-state index is 12.4. The van der Waals surface area contributed by atoms with E-state index in [1.807, 2.05) is 4.90 Å². The van der Waals surface area contributed by atoms with E-state index in [1.54, 1.807) is 6.92 Å². The predicted octanol–water partition coefficient (Wildman–Crippen LogP) is 1.91. The van der Waals surface area contributed by atoms with Gasteiger partial charge in [-0.3, -0.25) is 9.59 Å². The Hall–Kier alpha value is -1.10. The summed E-state index contributed by atoms with van der Waals surface area (Å²) in [6.07, 6.45) is 3.45. The van der Waals surface area contributed by atoms with Gasteiger partial charge in [0, 0.05) is 25.6 Å². The topological polar surface area (TPSA) is 49.9 Å². The number of likely N-dealkylation sites (N-methyl/N-ethyl adjacent to an activating group) is 1. The molecule has 1 aliphatic carbocycles. The Morgan fingerprint density at radius 2 is 1.71 bits per heavy atom. The molecule has 1 fully saturated rings. The molecule has 1 aliphatic rings. The normalized spacial score (nSPS) is 14.9. The summed E-state index contributed by atoms with van der Waals surface area (Å²) in [5, 5.41) is 0. The van der Waals surface area contributed by atoms with Gasteiger partial charge in [-0.25, -0.2) is 0 Å². The minimum absolute atomic E-state index is 0.184. The van der Waals surface area contributed by atoms with Crippen LogP contribution >= 0.6 is 0 Å². The van der Waals surface area contributed by atoms with Crippen LogP contribution in [0.4, 0.5) is 0 Å². The van der Waals surface area contributed by atoms with Crippen molar-refractivity contribution in [2.45, 2.75) is 46.5 Å². The lowest BCUT2D eigenvalue weighted by molar-refractivity contribution is -0.145. The number of ether oxygens (including phenoxy) is 1. The summed E-state index contributed by atoms with van der Waals surface area (Å²) in [7, 11) is 0. The maximum Gasteiger partial charge on any atom is 0.307 e. The number of hydrogen-bond donors (Lipinski definition) is 0. The van der Waals surface area contributed by atoms with Crippen LogP contribution in [0.25, 0.3) is 0 Å². The molecule has 0 aromatic carbocycles. The third kappa shape index (κ3) is 6.04. The van der Waals surface area contributed by atoms with Crippen molar-refractivity contribution >= 4 is 11.9 Å². The summed E-state index contributed by atoms with van der Waals surface area (Å²) in [4.78, 5) is 28.1. The second kappa shape index (κ2) is 9.77. The van der Waals surface area contributed by atoms with Crippen LogP contribution in [0.2, 0.25) is 0 Å². The van der Waals surface area contributed by atoms with Crippen molar-refractivity contribution in [1.82, 2.24) is 9.80 Å². The lowest BCUT2D eigenvalue weighted by atomic mass is 9.84. The van der Waals surface area contributed by atoms with E-state index in [0.717, 1.165) is 38.9 Å². The predicted molar refractivity (Wildman–Crippen MR) is 83.0 cm³/mol. The van der Waals surface area contributed by atoms with E-state index in [2.05, 4.69) is 18.7 Å². The Kier molecular flexibility index (Phi) is 8.35. The fraction of sp³-hybridized carbons (Fsp3) is 0.875. The van der Waals surface area contributed by atoms with Crippen molar-refractivity contribution in [3.8, 4) is 0 Å². The smallest absolute Gasteiger partial charge is 0.307 e. The molecule has 1 saturated carbocycles. The lowest BCUT2D eigenvalue weighted by Gasteiger charge is -2.33. The third-order valence-corrected chi connectivity index (χ3v) is 4.24. The summed E-state index contributed by atoms with van der Waals surface area (Å²) >= 11 is 0. The minimum Gasteiger partial charge on any atom is -0.466 e. The lowest BCUT2D eigenvalue weighted by Crippen LogP contribution is -2.44. The van der Waals surface area contributed by atoms with Gasteiger partial charge in [0.15, 0.2) is 0 Å². The standard InChI is InChI=1S/C16H30N2O3/c1-4-17(5-2)12-13-18(11-10-15(19)21-6-3)16(20)14-8-7-9-14/h14H,4-13H2,1-3H3. The van der Waals surface area contributed by atoms with Gasteiger partial charge in [0.25, 0.3) is 0 Å². The van der Waals surface area contributed by atoms with E-state index in [0.29, 0.717) is 26.1 Å². The van der Waals surface area contributed by atoms with Gasteiger partial charge in [-0.05, 0) is 32.9 Å². The monoisotopic (exact) mass is 298 g/mol. The molecule has 21 heavy (non-hydrogen) atoms. The summed E-state index contributed by atoms with van der Waals surface area (Å²) in [5.74, 6) is 0.188. The summed E-state index contributed by atoms with van der Waals surface area (Å²) in [6, 6.07) is 0. The summed E-state index contributed by atoms with van der Waals surface area (Å²) < 4.78 is 4.95. The van der Waals surface area contributed by atoms with Gasteiger partial charge in [-0.2, -0.15) is 0 Å². The second-order valence-electron chi connectivity index (χ2n) is 5.54. The first-order valence-electron chi connectivity index (χ1n) is 8.29. The zero-order valence-electron chi connectivity index (χ0n) is 13.8. The van der Waals surface area contributed by atoms with Crippen molar-refractivity contribution in [1.29, 1.82) is 0 Å². The highest BCUT2D eigenvalue weighted by Crippen LogP contribution is 2.28. The molecule has 0 atom stereocenters. The molecular weight excluding hydrogens is 268 g/mol. The molecule has 122 valence electrons. The number of carbonyl (C=O) groups excluding carboxylic acids is 2. The Bertz CT molecular complexity index is 325. The largest absolute Gasteiger partial charge is 0.466 e. The zero-order chi connectivity index (χ0) is 15.7. The van der Waals surface area contributed by atoms with Gasteiger partial charge in [0.1, 0.15) is 0 Å². The summed E-state index contributed by atoms with van der Waals surface area (Å²) in [5.41, 5.74) is 0. The molecule has 5 nitrogen and oxygen atoms in total. The van der Waals surface area contributed by atoms with Crippen molar-refractivity contribution in [2.75, 3.05) is 39.3 Å². The van der Waals surface area contributed by atoms with E-state index in [-0.39, 0.29) is 17.8 Å². The number of carbonyl (C=O) groups is 2. The first kappa shape index (κ1) is 18.0. The van der Waals surface area contributed by atoms with Gasteiger partial charge in [0.2, 0.25) is 5.91 Å². The quantitative estimate of drug-likeness (QED) is 0.578. The fourth-order valence-corrected chi connectivity index (χ4v) is 2.51. The zero-order valence-corrected chi connectivity index (χ0v) is 13.8. The number of rotatable bonds is 10. The van der Waals surface area contributed by atoms with Gasteiger partial charge < -0.3 is 14.5 Å². The van der Waals surface area contributed by atoms with Crippen molar-refractivity contribution in [3.05, 3.63) is 0 Å². The number of esters is 1. The molecule has 5 heteroatoms. The van der Waals surface area contributed by atoms with Gasteiger partial charge >= 0.3 is 5.97 Å². The van der Waals surface area contributed by atoms with E-state index < -0.39 is 0 Å². The average Bonchev–Trinajstić information content (AvgIpc) is 2.41. The van der Waals surface area contributed by atoms with Crippen molar-refractivity contribution in [2.24, 2.45) is 5.92 Å². The Balaban J connectivity index is 2.48. The highest BCUT2D eigenvalue weighted by molar-refractivity contribution is 5.80. The molecule has 0 radical (unpaired) electrons. The third-order valence-electron chi connectivity index (χ3n) is 4.24. The fourth-order valence-electron chi connectivity index (χ4n) is 2.51. The molecule has 0 N–H and O–H groups in total. The van der Waals surface area contributed by atoms with Crippen molar-refractivity contribution < 1.29 is 14.3 Å². The summed E-state index contributed by atoms with van der Waals surface area (Å²) in [6.45, 7) is 10.5. The van der Waals surface area contributed by atoms with Crippen molar-refractivity contribution in [3.63, 3.8) is 0 Å². The highest BCUT2D eigenvalue weighted by atomic mass is 16.5. The van der Waals surface area contributed by atoms with Crippen LogP contribution in [-0.4, -0.2) is 61.0 Å². The van der Waals surface area contributed by atoms with Gasteiger partial charge in [-0.1, -0.05) is 20.3 Å². The van der Waals surface area contributed by atoms with Crippen LogP contribution in [0, 0.1) is 5.92 Å². The highest BCUT2D eigenvalue weighted by Gasteiger charge is 2.29. The first-order chi connectivity index (χ1) is 10.1. The molecule has 0 aromatic heterocycles. The van der Waals surface area contributed by atoms with E-state index in [9.17, 15) is 9.59 Å². The van der Waals surface area contributed by atoms with E-state index in [4.69, 9.17) is 4.74 Å². The average molecular weight is 298 g/mol. The molecule has 0 saturated heterocycles. The molecule has 0 spiro atoms. The van der Waals surface area contributed by atoms with E-state index in [1.165, 1.54) is 0 Å². The molecular formula is C16H30N2O3. The number of hydrogen-bond acceptors (Lipinski definition) is 4. The Morgan fingerprint density at radius 1 is 1.05 bits per heavy atom. The van der Waals surface area contributed by atoms with Crippen LogP contribution in [-0.2, 0) is 14.3 Å². The molecule has 0 unspecified atom stereocenters. The van der Waals surface area contributed by atoms with Crippen LogP contribution in [0.5, 0.6) is 0 Å². The van der Waals surface area contributed by atoms with Gasteiger partial charge in [-0.15, -0.1) is 0 Å². The number of nitrogens with zero attached hydrogens (tertiary/aromatic N) is 2. The molecule has 0 aliphatic heterocycles. The molecule has 1 rings (SSSR count). The second-order valence-corrected chi connectivity index (χ2v) is 5.54. The molecule has 0 aromatic rings. The Morgan fingerprint density at radius 3 is 2.19 bits per heavy atom. The van der Waals surface area contributed by atoms with Crippen LogP contribution in [0.15, 0.2) is 0 Å². The molecule has 1 amide bonds. The van der Waals surface area contributed by atoms with Crippen LogP contribution < -0.4 is 0 Å².